The van der Waals surface area contributed by atoms with Crippen molar-refractivity contribution in [2.45, 2.75) is 25.9 Å². The van der Waals surface area contributed by atoms with Crippen LogP contribution in [0.15, 0.2) is 108 Å². The zero-order valence-corrected chi connectivity index (χ0v) is 23.3. The molecule has 41 heavy (non-hydrogen) atoms. The predicted molar refractivity (Wildman–Crippen MR) is 161 cm³/mol. The first kappa shape index (κ1) is 26.3. The molecule has 8 heteroatoms. The van der Waals surface area contributed by atoms with E-state index >= 15 is 0 Å². The molecular weight excluding hydrogens is 534 g/mol. The summed E-state index contributed by atoms with van der Waals surface area (Å²) in [6.07, 6.45) is 1.76. The van der Waals surface area contributed by atoms with Crippen LogP contribution >= 0.6 is 12.2 Å². The van der Waals surface area contributed by atoms with Crippen molar-refractivity contribution in [2.24, 2.45) is 0 Å². The van der Waals surface area contributed by atoms with Gasteiger partial charge in [0.25, 0.3) is 0 Å². The van der Waals surface area contributed by atoms with Gasteiger partial charge in [-0.15, -0.1) is 0 Å². The maximum absolute atomic E-state index is 11.4. The molecule has 0 bridgehead atoms. The third kappa shape index (κ3) is 5.29. The fraction of sp³-hybridized carbons (Fsp3) is 0.121. The van der Waals surface area contributed by atoms with E-state index in [2.05, 4.69) is 10.3 Å². The number of aromatic carboxylic acids is 1. The minimum absolute atomic E-state index is 0.236. The van der Waals surface area contributed by atoms with Crippen molar-refractivity contribution in [3.05, 3.63) is 131 Å². The van der Waals surface area contributed by atoms with Gasteiger partial charge in [-0.1, -0.05) is 29.8 Å². The number of ether oxygens (including phenoxy) is 1. The van der Waals surface area contributed by atoms with Gasteiger partial charge in [0.2, 0.25) is 0 Å². The van der Waals surface area contributed by atoms with Gasteiger partial charge in [-0.2, -0.15) is 0 Å². The van der Waals surface area contributed by atoms with E-state index in [1.165, 1.54) is 5.56 Å². The van der Waals surface area contributed by atoms with Crippen molar-refractivity contribution in [1.29, 1.82) is 0 Å². The lowest BCUT2D eigenvalue weighted by Crippen LogP contribution is -2.29. The van der Waals surface area contributed by atoms with Crippen LogP contribution in [0.3, 0.4) is 0 Å². The number of carboxylic acid groups (broad SMARTS) is 1. The number of thiocarbonyl (C=S) groups is 1. The molecule has 0 spiro atoms. The molecule has 0 saturated carbocycles. The Balaban J connectivity index is 1.35. The Kier molecular flexibility index (Phi) is 6.99. The van der Waals surface area contributed by atoms with Crippen LogP contribution in [0, 0.1) is 13.8 Å². The average molecular weight is 562 g/mol. The van der Waals surface area contributed by atoms with Crippen LogP contribution in [-0.2, 0) is 0 Å². The number of aromatic nitrogens is 1. The largest absolute Gasteiger partial charge is 0.478 e. The van der Waals surface area contributed by atoms with Crippen LogP contribution in [0.1, 0.15) is 45.0 Å². The normalized spacial score (nSPS) is 16.4. The number of carboxylic acids is 1. The second kappa shape index (κ2) is 10.9. The first-order chi connectivity index (χ1) is 19.9. The highest BCUT2D eigenvalue weighted by Crippen LogP contribution is 2.43. The summed E-state index contributed by atoms with van der Waals surface area (Å²) in [6, 6.07) is 29.8. The van der Waals surface area contributed by atoms with Crippen molar-refractivity contribution >= 4 is 29.0 Å². The number of carbonyl (C=O) groups is 1. The van der Waals surface area contributed by atoms with Crippen LogP contribution in [-0.4, -0.2) is 21.2 Å². The Morgan fingerprint density at radius 1 is 0.951 bits per heavy atom. The second-order valence-corrected chi connectivity index (χ2v) is 10.3. The summed E-state index contributed by atoms with van der Waals surface area (Å²) in [6.45, 7) is 3.91. The minimum atomic E-state index is -0.963. The fourth-order valence-electron chi connectivity index (χ4n) is 5.07. The topological polar surface area (TPSA) is 87.8 Å². The Bertz CT molecular complexity index is 1720. The molecule has 2 atom stereocenters. The molecule has 1 aliphatic rings. The Morgan fingerprint density at radius 3 is 2.34 bits per heavy atom. The van der Waals surface area contributed by atoms with Gasteiger partial charge < -0.3 is 24.5 Å². The molecule has 2 N–H and O–H groups in total. The number of pyridine rings is 1. The van der Waals surface area contributed by atoms with E-state index in [-0.39, 0.29) is 17.6 Å². The van der Waals surface area contributed by atoms with Crippen LogP contribution in [0.5, 0.6) is 11.5 Å². The molecule has 7 nitrogen and oxygen atoms in total. The molecule has 3 aromatic carbocycles. The van der Waals surface area contributed by atoms with Crippen LogP contribution in [0.25, 0.3) is 11.3 Å². The SMILES string of the molecule is Cc1ccc(Oc2ccc(N3C(=S)N[C@@H](c4ccccn4)[C@H]3c3ccc(-c4ccc(C(=O)O)cc4C)o3)cc2)cc1. The summed E-state index contributed by atoms with van der Waals surface area (Å²) in [7, 11) is 0. The number of hydrogen-bond acceptors (Lipinski definition) is 5. The molecule has 0 radical (unpaired) electrons. The molecule has 204 valence electrons. The Labute approximate surface area is 243 Å². The average Bonchev–Trinajstić information content (AvgIpc) is 3.59. The van der Waals surface area contributed by atoms with Crippen molar-refractivity contribution in [3.63, 3.8) is 0 Å². The summed E-state index contributed by atoms with van der Waals surface area (Å²) in [5.41, 5.74) is 4.76. The van der Waals surface area contributed by atoms with E-state index in [4.69, 9.17) is 21.4 Å². The van der Waals surface area contributed by atoms with Gasteiger partial charge >= 0.3 is 5.97 Å². The van der Waals surface area contributed by atoms with Crippen molar-refractivity contribution in [3.8, 4) is 22.8 Å². The number of benzene rings is 3. The quantitative estimate of drug-likeness (QED) is 0.196. The highest BCUT2D eigenvalue weighted by molar-refractivity contribution is 7.80. The Hall–Kier alpha value is -4.95. The van der Waals surface area contributed by atoms with E-state index in [0.717, 1.165) is 28.3 Å². The lowest BCUT2D eigenvalue weighted by Gasteiger charge is -2.26. The first-order valence-electron chi connectivity index (χ1n) is 13.2. The molecule has 0 unspecified atom stereocenters. The van der Waals surface area contributed by atoms with E-state index in [9.17, 15) is 9.90 Å². The molecule has 1 aliphatic heterocycles. The van der Waals surface area contributed by atoms with Gasteiger partial charge in [-0.3, -0.25) is 4.98 Å². The molecule has 1 saturated heterocycles. The van der Waals surface area contributed by atoms with Gasteiger partial charge in [-0.05, 0) is 104 Å². The maximum Gasteiger partial charge on any atom is 0.335 e. The summed E-state index contributed by atoms with van der Waals surface area (Å²) in [5.74, 6) is 1.87. The molecule has 3 heterocycles. The van der Waals surface area contributed by atoms with Crippen molar-refractivity contribution in [2.75, 3.05) is 4.90 Å². The maximum atomic E-state index is 11.4. The standard InChI is InChI=1S/C33H27N3O4S/c1-20-6-11-24(12-7-20)39-25-13-9-23(10-14-25)36-31(30(35-33(36)41)27-5-3-4-18-34-27)29-17-16-28(40-29)26-15-8-22(32(37)38)19-21(26)2/h3-19,30-31H,1-2H3,(H,35,41)(H,37,38)/t30-,31+/m0/s1. The van der Waals surface area contributed by atoms with Crippen molar-refractivity contribution in [1.82, 2.24) is 10.3 Å². The molecule has 0 amide bonds. The van der Waals surface area contributed by atoms with Crippen LogP contribution < -0.4 is 15.0 Å². The lowest BCUT2D eigenvalue weighted by molar-refractivity contribution is 0.0696. The van der Waals surface area contributed by atoms with Crippen LogP contribution in [0.2, 0.25) is 0 Å². The summed E-state index contributed by atoms with van der Waals surface area (Å²) in [5, 5.41) is 13.4. The Morgan fingerprint density at radius 2 is 1.68 bits per heavy atom. The molecule has 1 fully saturated rings. The number of anilines is 1. The smallest absolute Gasteiger partial charge is 0.335 e. The molecule has 2 aromatic heterocycles. The summed E-state index contributed by atoms with van der Waals surface area (Å²) in [4.78, 5) is 18.1. The molecular formula is C33H27N3O4S. The number of hydrogen-bond donors (Lipinski definition) is 2. The highest BCUT2D eigenvalue weighted by Gasteiger charge is 2.42. The van der Waals surface area contributed by atoms with E-state index in [0.29, 0.717) is 22.4 Å². The summed E-state index contributed by atoms with van der Waals surface area (Å²) >= 11 is 5.84. The van der Waals surface area contributed by atoms with E-state index in [1.54, 1.807) is 24.4 Å². The number of nitrogens with zero attached hydrogens (tertiary/aromatic N) is 2. The van der Waals surface area contributed by atoms with Crippen LogP contribution in [0.4, 0.5) is 5.69 Å². The van der Waals surface area contributed by atoms with Gasteiger partial charge in [0, 0.05) is 17.4 Å². The zero-order chi connectivity index (χ0) is 28.5. The minimum Gasteiger partial charge on any atom is -0.478 e. The third-order valence-corrected chi connectivity index (χ3v) is 7.44. The van der Waals surface area contributed by atoms with Gasteiger partial charge in [0.05, 0.1) is 17.3 Å². The molecule has 6 rings (SSSR count). The number of furan rings is 1. The molecule has 0 aliphatic carbocycles. The number of aryl methyl sites for hydroxylation is 2. The monoisotopic (exact) mass is 561 g/mol. The first-order valence-corrected chi connectivity index (χ1v) is 13.6. The lowest BCUT2D eigenvalue weighted by atomic mass is 10.0. The van der Waals surface area contributed by atoms with E-state index < -0.39 is 5.97 Å². The summed E-state index contributed by atoms with van der Waals surface area (Å²) < 4.78 is 12.5. The van der Waals surface area contributed by atoms with Gasteiger partial charge in [0.15, 0.2) is 5.11 Å². The number of rotatable bonds is 7. The third-order valence-electron chi connectivity index (χ3n) is 7.13. The van der Waals surface area contributed by atoms with Gasteiger partial charge in [0.1, 0.15) is 29.1 Å². The highest BCUT2D eigenvalue weighted by atomic mass is 32.1. The van der Waals surface area contributed by atoms with Crippen molar-refractivity contribution < 1.29 is 19.1 Å². The fourth-order valence-corrected chi connectivity index (χ4v) is 5.41. The predicted octanol–water partition coefficient (Wildman–Crippen LogP) is 7.63. The van der Waals surface area contributed by atoms with Gasteiger partial charge in [-0.25, -0.2) is 4.79 Å². The van der Waals surface area contributed by atoms with E-state index in [1.807, 2.05) is 97.6 Å². The number of nitrogens with one attached hydrogen (secondary N) is 1. The molecule has 5 aromatic rings. The second-order valence-electron chi connectivity index (χ2n) is 9.94. The zero-order valence-electron chi connectivity index (χ0n) is 22.4.